The van der Waals surface area contributed by atoms with Gasteiger partial charge in [-0.1, -0.05) is 35.3 Å². The topological polar surface area (TPSA) is 68.5 Å². The van der Waals surface area contributed by atoms with Crippen molar-refractivity contribution in [2.24, 2.45) is 0 Å². The van der Waals surface area contributed by atoms with Gasteiger partial charge in [0.05, 0.1) is 5.02 Å². The van der Waals surface area contributed by atoms with Crippen molar-refractivity contribution in [1.29, 1.82) is 0 Å². The van der Waals surface area contributed by atoms with Gasteiger partial charge in [-0.05, 0) is 78.4 Å². The normalized spacial score (nSPS) is 11.9. The highest BCUT2D eigenvalue weighted by Crippen LogP contribution is 2.28. The van der Waals surface area contributed by atoms with E-state index in [4.69, 9.17) is 32.5 Å². The SMILES string of the molecule is CC[C@@H](C)N(Cc1nc(-c2ccc(Cl)cc2Cl)no1)C(=O)COc1ccc(I)cc1. The van der Waals surface area contributed by atoms with Crippen LogP contribution in [0, 0.1) is 3.57 Å². The largest absolute Gasteiger partial charge is 0.484 e. The van der Waals surface area contributed by atoms with Crippen molar-refractivity contribution < 1.29 is 14.1 Å². The summed E-state index contributed by atoms with van der Waals surface area (Å²) in [4.78, 5) is 18.9. The number of carbonyl (C=O) groups is 1. The molecule has 1 heterocycles. The lowest BCUT2D eigenvalue weighted by atomic mass is 10.2. The Morgan fingerprint density at radius 3 is 2.63 bits per heavy atom. The minimum absolute atomic E-state index is 0.0210. The molecule has 1 aromatic heterocycles. The van der Waals surface area contributed by atoms with Gasteiger partial charge in [0.1, 0.15) is 12.3 Å². The highest BCUT2D eigenvalue weighted by atomic mass is 127. The van der Waals surface area contributed by atoms with Crippen LogP contribution in [0.4, 0.5) is 0 Å². The molecule has 2 aromatic carbocycles. The lowest BCUT2D eigenvalue weighted by Gasteiger charge is -2.27. The van der Waals surface area contributed by atoms with Crippen LogP contribution < -0.4 is 4.74 Å². The first-order valence-electron chi connectivity index (χ1n) is 9.33. The van der Waals surface area contributed by atoms with E-state index in [1.54, 1.807) is 23.1 Å². The van der Waals surface area contributed by atoms with Crippen molar-refractivity contribution in [3.05, 3.63) is 62.0 Å². The zero-order valence-electron chi connectivity index (χ0n) is 16.4. The molecule has 0 radical (unpaired) electrons. The van der Waals surface area contributed by atoms with Gasteiger partial charge in [-0.25, -0.2) is 0 Å². The van der Waals surface area contributed by atoms with Crippen molar-refractivity contribution in [3.8, 4) is 17.1 Å². The van der Waals surface area contributed by atoms with E-state index in [0.717, 1.165) is 9.99 Å². The lowest BCUT2D eigenvalue weighted by Crippen LogP contribution is -2.40. The molecule has 0 saturated heterocycles. The summed E-state index contributed by atoms with van der Waals surface area (Å²) in [6.07, 6.45) is 0.777. The van der Waals surface area contributed by atoms with E-state index in [1.807, 2.05) is 38.1 Å². The molecule has 0 spiro atoms. The Hall–Kier alpha value is -1.84. The Bertz CT molecular complexity index is 1010. The van der Waals surface area contributed by atoms with Gasteiger partial charge in [-0.3, -0.25) is 4.79 Å². The van der Waals surface area contributed by atoms with Gasteiger partial charge < -0.3 is 14.2 Å². The van der Waals surface area contributed by atoms with Crippen molar-refractivity contribution in [3.63, 3.8) is 0 Å². The molecule has 1 amide bonds. The molecule has 0 aliphatic carbocycles. The highest BCUT2D eigenvalue weighted by Gasteiger charge is 2.23. The van der Waals surface area contributed by atoms with Crippen LogP contribution in [-0.2, 0) is 11.3 Å². The molecule has 0 aliphatic rings. The molecular formula is C21H20Cl2IN3O3. The third-order valence-electron chi connectivity index (χ3n) is 4.56. The second-order valence-corrected chi connectivity index (χ2v) is 8.75. The monoisotopic (exact) mass is 559 g/mol. The number of benzene rings is 2. The highest BCUT2D eigenvalue weighted by molar-refractivity contribution is 14.1. The maximum Gasteiger partial charge on any atom is 0.261 e. The van der Waals surface area contributed by atoms with Gasteiger partial charge in [0.25, 0.3) is 5.91 Å². The number of amides is 1. The standard InChI is InChI=1S/C21H20Cl2IN3O3/c1-3-13(2)27(20(28)12-29-16-7-5-15(24)6-8-16)11-19-25-21(26-30-19)17-9-4-14(22)10-18(17)23/h4-10,13H,3,11-12H2,1-2H3/t13-/m1/s1. The minimum atomic E-state index is -0.160. The van der Waals surface area contributed by atoms with Crippen molar-refractivity contribution in [2.45, 2.75) is 32.9 Å². The fourth-order valence-electron chi connectivity index (χ4n) is 2.71. The summed E-state index contributed by atoms with van der Waals surface area (Å²) in [5.74, 6) is 1.15. The van der Waals surface area contributed by atoms with Crippen LogP contribution in [0.15, 0.2) is 47.0 Å². The molecule has 3 rings (SSSR count). The summed E-state index contributed by atoms with van der Waals surface area (Å²) in [6.45, 7) is 4.09. The van der Waals surface area contributed by atoms with Gasteiger partial charge in [0.15, 0.2) is 6.61 Å². The van der Waals surface area contributed by atoms with E-state index in [9.17, 15) is 4.79 Å². The van der Waals surface area contributed by atoms with Gasteiger partial charge in [0.2, 0.25) is 11.7 Å². The number of nitrogens with zero attached hydrogens (tertiary/aromatic N) is 3. The van der Waals surface area contributed by atoms with E-state index in [1.165, 1.54) is 0 Å². The summed E-state index contributed by atoms with van der Waals surface area (Å²) in [5.41, 5.74) is 0.611. The second kappa shape index (κ2) is 10.5. The Labute approximate surface area is 198 Å². The molecule has 3 aromatic rings. The number of hydrogen-bond donors (Lipinski definition) is 0. The molecule has 0 N–H and O–H groups in total. The van der Waals surface area contributed by atoms with Crippen LogP contribution in [0.25, 0.3) is 11.4 Å². The Morgan fingerprint density at radius 1 is 1.23 bits per heavy atom. The van der Waals surface area contributed by atoms with Crippen molar-refractivity contribution in [2.75, 3.05) is 6.61 Å². The Balaban J connectivity index is 1.71. The van der Waals surface area contributed by atoms with Crippen LogP contribution >= 0.6 is 45.8 Å². The lowest BCUT2D eigenvalue weighted by molar-refractivity contribution is -0.136. The predicted octanol–water partition coefficient (Wildman–Crippen LogP) is 5.85. The van der Waals surface area contributed by atoms with E-state index in [0.29, 0.717) is 33.1 Å². The first kappa shape index (κ1) is 22.8. The van der Waals surface area contributed by atoms with Gasteiger partial charge >= 0.3 is 0 Å². The molecule has 0 bridgehead atoms. The first-order chi connectivity index (χ1) is 14.4. The van der Waals surface area contributed by atoms with Crippen molar-refractivity contribution in [1.82, 2.24) is 15.0 Å². The maximum absolute atomic E-state index is 12.8. The molecule has 0 saturated carbocycles. The fraction of sp³-hybridized carbons (Fsp3) is 0.286. The zero-order valence-corrected chi connectivity index (χ0v) is 20.1. The summed E-state index contributed by atoms with van der Waals surface area (Å²) < 4.78 is 12.1. The number of hydrogen-bond acceptors (Lipinski definition) is 5. The van der Waals surface area contributed by atoms with Gasteiger partial charge in [-0.15, -0.1) is 0 Å². The third-order valence-corrected chi connectivity index (χ3v) is 5.83. The number of ether oxygens (including phenoxy) is 1. The van der Waals surface area contributed by atoms with Gasteiger partial charge in [0, 0.05) is 20.2 Å². The number of halogens is 3. The summed E-state index contributed by atoms with van der Waals surface area (Å²) in [6, 6.07) is 12.6. The van der Waals surface area contributed by atoms with E-state index in [-0.39, 0.29) is 25.1 Å². The van der Waals surface area contributed by atoms with Crippen LogP contribution in [0.3, 0.4) is 0 Å². The predicted molar refractivity (Wildman–Crippen MR) is 125 cm³/mol. The van der Waals surface area contributed by atoms with Gasteiger partial charge in [-0.2, -0.15) is 4.98 Å². The average molecular weight is 560 g/mol. The minimum Gasteiger partial charge on any atom is -0.484 e. The Morgan fingerprint density at radius 2 is 1.97 bits per heavy atom. The maximum atomic E-state index is 12.8. The molecular weight excluding hydrogens is 540 g/mol. The second-order valence-electron chi connectivity index (χ2n) is 6.66. The molecule has 9 heteroatoms. The van der Waals surface area contributed by atoms with Crippen LogP contribution in [-0.4, -0.2) is 33.6 Å². The molecule has 0 fully saturated rings. The zero-order chi connectivity index (χ0) is 21.7. The number of carbonyl (C=O) groups excluding carboxylic acids is 1. The van der Waals surface area contributed by atoms with E-state index >= 15 is 0 Å². The number of aromatic nitrogens is 2. The van der Waals surface area contributed by atoms with Crippen molar-refractivity contribution >= 4 is 51.7 Å². The Kier molecular flexibility index (Phi) is 7.96. The molecule has 30 heavy (non-hydrogen) atoms. The summed E-state index contributed by atoms with van der Waals surface area (Å²) in [7, 11) is 0. The molecule has 1 atom stereocenters. The van der Waals surface area contributed by atoms with E-state index < -0.39 is 0 Å². The molecule has 0 unspecified atom stereocenters. The van der Waals surface area contributed by atoms with Crippen LogP contribution in [0.5, 0.6) is 5.75 Å². The van der Waals surface area contributed by atoms with Crippen LogP contribution in [0.1, 0.15) is 26.2 Å². The fourth-order valence-corrected chi connectivity index (χ4v) is 3.57. The smallest absolute Gasteiger partial charge is 0.261 e. The molecule has 0 aliphatic heterocycles. The molecule has 6 nitrogen and oxygen atoms in total. The van der Waals surface area contributed by atoms with E-state index in [2.05, 4.69) is 32.7 Å². The average Bonchev–Trinajstić information content (AvgIpc) is 3.19. The first-order valence-corrected chi connectivity index (χ1v) is 11.2. The summed E-state index contributed by atoms with van der Waals surface area (Å²) in [5, 5.41) is 4.94. The number of rotatable bonds is 8. The summed E-state index contributed by atoms with van der Waals surface area (Å²) >= 11 is 14.4. The third kappa shape index (κ3) is 5.86. The quantitative estimate of drug-likeness (QED) is 0.324. The van der Waals surface area contributed by atoms with Crippen LogP contribution in [0.2, 0.25) is 10.0 Å². The molecule has 158 valence electrons.